The van der Waals surface area contributed by atoms with Gasteiger partial charge in [-0.1, -0.05) is 29.8 Å². The summed E-state index contributed by atoms with van der Waals surface area (Å²) < 4.78 is 6.53. The predicted molar refractivity (Wildman–Crippen MR) is 70.7 cm³/mol. The van der Waals surface area contributed by atoms with Crippen LogP contribution in [0.5, 0.6) is 0 Å². The van der Waals surface area contributed by atoms with Crippen molar-refractivity contribution in [2.45, 2.75) is 26.7 Å². The van der Waals surface area contributed by atoms with Crippen molar-refractivity contribution in [1.82, 2.24) is 10.2 Å². The molecule has 2 rings (SSSR count). The normalized spacial score (nSPS) is 11.1. The zero-order valence-corrected chi connectivity index (χ0v) is 11.6. The summed E-state index contributed by atoms with van der Waals surface area (Å²) in [6.07, 6.45) is 0. The Bertz CT molecular complexity index is 549. The summed E-state index contributed by atoms with van der Waals surface area (Å²) in [5.41, 5.74) is 8.44. The van der Waals surface area contributed by atoms with E-state index < -0.39 is 0 Å². The summed E-state index contributed by atoms with van der Waals surface area (Å²) in [6, 6.07) is 3.79. The van der Waals surface area contributed by atoms with Crippen LogP contribution in [-0.4, -0.2) is 10.2 Å². The van der Waals surface area contributed by atoms with E-state index in [1.807, 2.05) is 32.9 Å². The SMILES string of the molecule is Cc1c(N)cc(Br)cc1-c1nnc(C(C)C)o1. The molecule has 90 valence electrons. The zero-order valence-electron chi connectivity index (χ0n) is 9.99. The van der Waals surface area contributed by atoms with E-state index in [4.69, 9.17) is 10.2 Å². The van der Waals surface area contributed by atoms with Gasteiger partial charge in [0.1, 0.15) is 0 Å². The van der Waals surface area contributed by atoms with Gasteiger partial charge in [0, 0.05) is 21.6 Å². The number of hydrogen-bond donors (Lipinski definition) is 1. The molecule has 0 saturated heterocycles. The summed E-state index contributed by atoms with van der Waals surface area (Å²) in [4.78, 5) is 0. The van der Waals surface area contributed by atoms with Crippen LogP contribution in [0.25, 0.3) is 11.5 Å². The summed E-state index contributed by atoms with van der Waals surface area (Å²) in [6.45, 7) is 5.97. The minimum Gasteiger partial charge on any atom is -0.420 e. The second-order valence-corrected chi connectivity index (χ2v) is 5.18. The highest BCUT2D eigenvalue weighted by atomic mass is 79.9. The van der Waals surface area contributed by atoms with Gasteiger partial charge in [-0.3, -0.25) is 0 Å². The fourth-order valence-electron chi connectivity index (χ4n) is 1.50. The number of halogens is 1. The third-order valence-corrected chi connectivity index (χ3v) is 3.04. The van der Waals surface area contributed by atoms with Crippen molar-refractivity contribution in [3.05, 3.63) is 28.1 Å². The summed E-state index contributed by atoms with van der Waals surface area (Å²) >= 11 is 3.41. The van der Waals surface area contributed by atoms with Crippen molar-refractivity contribution in [2.75, 3.05) is 5.73 Å². The van der Waals surface area contributed by atoms with Crippen molar-refractivity contribution in [3.63, 3.8) is 0 Å². The van der Waals surface area contributed by atoms with E-state index in [0.717, 1.165) is 15.6 Å². The maximum atomic E-state index is 5.91. The molecule has 1 aromatic heterocycles. The van der Waals surface area contributed by atoms with E-state index in [-0.39, 0.29) is 5.92 Å². The van der Waals surface area contributed by atoms with E-state index in [2.05, 4.69) is 26.1 Å². The minimum absolute atomic E-state index is 0.223. The van der Waals surface area contributed by atoms with E-state index in [1.54, 1.807) is 0 Å². The van der Waals surface area contributed by atoms with Crippen LogP contribution in [0, 0.1) is 6.92 Å². The molecule has 0 bridgehead atoms. The molecule has 0 amide bonds. The number of rotatable bonds is 2. The lowest BCUT2D eigenvalue weighted by molar-refractivity contribution is 0.481. The maximum Gasteiger partial charge on any atom is 0.248 e. The van der Waals surface area contributed by atoms with Crippen LogP contribution in [0.15, 0.2) is 21.0 Å². The highest BCUT2D eigenvalue weighted by Gasteiger charge is 2.14. The molecular weight excluding hydrogens is 282 g/mol. The van der Waals surface area contributed by atoms with Gasteiger partial charge in [-0.05, 0) is 24.6 Å². The fourth-order valence-corrected chi connectivity index (χ4v) is 1.97. The standard InChI is InChI=1S/C12H14BrN3O/c1-6(2)11-15-16-12(17-11)9-4-8(13)5-10(14)7(9)3/h4-6H,14H2,1-3H3. The Balaban J connectivity index is 2.52. The van der Waals surface area contributed by atoms with Gasteiger partial charge in [0.2, 0.25) is 11.8 Å². The number of hydrogen-bond acceptors (Lipinski definition) is 4. The third kappa shape index (κ3) is 2.34. The molecule has 0 fully saturated rings. The Labute approximate surface area is 108 Å². The molecule has 0 radical (unpaired) electrons. The minimum atomic E-state index is 0.223. The fraction of sp³-hybridized carbons (Fsp3) is 0.333. The predicted octanol–water partition coefficient (Wildman–Crippen LogP) is 3.51. The molecule has 17 heavy (non-hydrogen) atoms. The maximum absolute atomic E-state index is 5.91. The monoisotopic (exact) mass is 295 g/mol. The number of anilines is 1. The molecule has 1 heterocycles. The van der Waals surface area contributed by atoms with E-state index in [9.17, 15) is 0 Å². The number of aromatic nitrogens is 2. The van der Waals surface area contributed by atoms with E-state index in [0.29, 0.717) is 17.5 Å². The van der Waals surface area contributed by atoms with Gasteiger partial charge in [0.15, 0.2) is 0 Å². The Hall–Kier alpha value is -1.36. The summed E-state index contributed by atoms with van der Waals surface area (Å²) in [5.74, 6) is 1.37. The Kier molecular flexibility index (Phi) is 3.19. The van der Waals surface area contributed by atoms with Gasteiger partial charge in [-0.2, -0.15) is 0 Å². The summed E-state index contributed by atoms with van der Waals surface area (Å²) in [5, 5.41) is 8.08. The lowest BCUT2D eigenvalue weighted by Crippen LogP contribution is -1.93. The highest BCUT2D eigenvalue weighted by Crippen LogP contribution is 2.31. The van der Waals surface area contributed by atoms with Crippen LogP contribution in [0.1, 0.15) is 31.2 Å². The highest BCUT2D eigenvalue weighted by molar-refractivity contribution is 9.10. The Morgan fingerprint density at radius 2 is 2.00 bits per heavy atom. The molecule has 5 heteroatoms. The van der Waals surface area contributed by atoms with Gasteiger partial charge < -0.3 is 10.2 Å². The van der Waals surface area contributed by atoms with Gasteiger partial charge in [-0.25, -0.2) is 0 Å². The van der Waals surface area contributed by atoms with Crippen molar-refractivity contribution in [2.24, 2.45) is 0 Å². The molecule has 0 aliphatic carbocycles. The molecule has 0 aliphatic rings. The molecule has 2 aromatic rings. The molecule has 0 spiro atoms. The molecule has 1 aromatic carbocycles. The Morgan fingerprint density at radius 1 is 1.29 bits per heavy atom. The van der Waals surface area contributed by atoms with Gasteiger partial charge in [-0.15, -0.1) is 10.2 Å². The molecule has 0 aliphatic heterocycles. The first kappa shape index (κ1) is 12.1. The van der Waals surface area contributed by atoms with E-state index in [1.165, 1.54) is 0 Å². The molecule has 0 unspecified atom stereocenters. The van der Waals surface area contributed by atoms with Gasteiger partial charge in [0.05, 0.1) is 0 Å². The first-order valence-electron chi connectivity index (χ1n) is 5.38. The Morgan fingerprint density at radius 3 is 2.59 bits per heavy atom. The first-order valence-corrected chi connectivity index (χ1v) is 6.17. The smallest absolute Gasteiger partial charge is 0.248 e. The van der Waals surface area contributed by atoms with Crippen LogP contribution in [-0.2, 0) is 0 Å². The summed E-state index contributed by atoms with van der Waals surface area (Å²) in [7, 11) is 0. The lowest BCUT2D eigenvalue weighted by Gasteiger charge is -2.05. The van der Waals surface area contributed by atoms with Gasteiger partial charge in [0.25, 0.3) is 0 Å². The van der Waals surface area contributed by atoms with Crippen molar-refractivity contribution in [3.8, 4) is 11.5 Å². The largest absolute Gasteiger partial charge is 0.420 e. The number of nitrogens with zero attached hydrogens (tertiary/aromatic N) is 2. The van der Waals surface area contributed by atoms with E-state index >= 15 is 0 Å². The van der Waals surface area contributed by atoms with Gasteiger partial charge >= 0.3 is 0 Å². The van der Waals surface area contributed by atoms with Crippen molar-refractivity contribution >= 4 is 21.6 Å². The third-order valence-electron chi connectivity index (χ3n) is 2.58. The number of nitrogen functional groups attached to an aromatic ring is 1. The molecule has 0 saturated carbocycles. The van der Waals surface area contributed by atoms with Crippen LogP contribution in [0.3, 0.4) is 0 Å². The molecule has 2 N–H and O–H groups in total. The van der Waals surface area contributed by atoms with Crippen LogP contribution in [0.2, 0.25) is 0 Å². The molecule has 0 atom stereocenters. The number of benzene rings is 1. The topological polar surface area (TPSA) is 64.9 Å². The van der Waals surface area contributed by atoms with Crippen molar-refractivity contribution < 1.29 is 4.42 Å². The van der Waals surface area contributed by atoms with Crippen molar-refractivity contribution in [1.29, 1.82) is 0 Å². The second-order valence-electron chi connectivity index (χ2n) is 4.27. The quantitative estimate of drug-likeness (QED) is 0.861. The van der Waals surface area contributed by atoms with Crippen LogP contribution < -0.4 is 5.73 Å². The molecule has 4 nitrogen and oxygen atoms in total. The number of nitrogens with two attached hydrogens (primary N) is 1. The zero-order chi connectivity index (χ0) is 12.6. The average molecular weight is 296 g/mol. The molecular formula is C12H14BrN3O. The van der Waals surface area contributed by atoms with Crippen LogP contribution >= 0.6 is 15.9 Å². The second kappa shape index (κ2) is 4.49. The van der Waals surface area contributed by atoms with Crippen LogP contribution in [0.4, 0.5) is 5.69 Å². The first-order chi connectivity index (χ1) is 7.99. The lowest BCUT2D eigenvalue weighted by atomic mass is 10.1. The average Bonchev–Trinajstić information content (AvgIpc) is 2.72.